The van der Waals surface area contributed by atoms with Gasteiger partial charge in [-0.2, -0.15) is 0 Å². The van der Waals surface area contributed by atoms with Crippen LogP contribution in [0.25, 0.3) is 0 Å². The molecule has 0 amide bonds. The zero-order valence-electron chi connectivity index (χ0n) is 7.30. The number of nitrogens with two attached hydrogens (primary N) is 2. The molecule has 0 spiro atoms. The van der Waals surface area contributed by atoms with E-state index in [4.69, 9.17) is 26.8 Å². The molecular weight excluding hydrogens is 208 g/mol. The van der Waals surface area contributed by atoms with E-state index in [2.05, 4.69) is 0 Å². The van der Waals surface area contributed by atoms with Gasteiger partial charge in [0.05, 0.1) is 11.4 Å². The van der Waals surface area contributed by atoms with Crippen LogP contribution in [0.2, 0.25) is 0 Å². The van der Waals surface area contributed by atoms with Crippen LogP contribution in [0.3, 0.4) is 0 Å². The molecule has 0 aromatic rings. The zero-order valence-corrected chi connectivity index (χ0v) is 7.30. The van der Waals surface area contributed by atoms with E-state index in [1.54, 1.807) is 0 Å². The molecule has 0 fully saturated rings. The van der Waals surface area contributed by atoms with E-state index in [0.717, 1.165) is 0 Å². The van der Waals surface area contributed by atoms with Crippen LogP contribution in [-0.4, -0.2) is 33.2 Å². The van der Waals surface area contributed by atoms with Crippen LogP contribution in [-0.2, 0) is 14.4 Å². The van der Waals surface area contributed by atoms with Crippen molar-refractivity contribution < 1.29 is 29.7 Å². The van der Waals surface area contributed by atoms with Gasteiger partial charge in [-0.15, -0.1) is 0 Å². The molecule has 7 N–H and O–H groups in total. The third-order valence-electron chi connectivity index (χ3n) is 1.29. The van der Waals surface area contributed by atoms with E-state index in [-0.39, 0.29) is 0 Å². The highest BCUT2D eigenvalue weighted by molar-refractivity contribution is 6.13. The average Bonchev–Trinajstić information content (AvgIpc) is 2.00. The molecule has 0 aromatic carbocycles. The summed E-state index contributed by atoms with van der Waals surface area (Å²) in [6.07, 6.45) is 0.404. The molecule has 0 saturated heterocycles. The Balaban J connectivity index is 5.48. The SMILES string of the molecule is NC(=CC(=O)O)C(N)=C(C(=O)O)C(=O)O. The predicted molar refractivity (Wildman–Crippen MR) is 46.4 cm³/mol. The summed E-state index contributed by atoms with van der Waals surface area (Å²) < 4.78 is 0. The second-order valence-electron chi connectivity index (χ2n) is 2.34. The minimum Gasteiger partial charge on any atom is -0.478 e. The Morgan fingerprint density at radius 1 is 0.933 bits per heavy atom. The van der Waals surface area contributed by atoms with Gasteiger partial charge in [0.1, 0.15) is 0 Å². The van der Waals surface area contributed by atoms with Crippen molar-refractivity contribution >= 4 is 17.9 Å². The molecule has 8 heteroatoms. The van der Waals surface area contributed by atoms with Crippen LogP contribution < -0.4 is 11.5 Å². The number of hydrogen-bond donors (Lipinski definition) is 5. The van der Waals surface area contributed by atoms with E-state index >= 15 is 0 Å². The summed E-state index contributed by atoms with van der Waals surface area (Å²) in [7, 11) is 0. The molecular formula is C7H8N2O6. The van der Waals surface area contributed by atoms with Crippen molar-refractivity contribution in [1.29, 1.82) is 0 Å². The average molecular weight is 216 g/mol. The second kappa shape index (κ2) is 4.65. The number of rotatable bonds is 4. The standard InChI is InChI=1S/C7H8N2O6/c8-2(1-3(10)11)5(9)4(6(12)13)7(14)15/h1H,8-9H2,(H,10,11)(H,12,13)(H,14,15). The van der Waals surface area contributed by atoms with Crippen molar-refractivity contribution in [3.05, 3.63) is 23.0 Å². The predicted octanol–water partition coefficient (Wildman–Crippen LogP) is -1.70. The maximum Gasteiger partial charge on any atom is 0.345 e. The third-order valence-corrected chi connectivity index (χ3v) is 1.29. The van der Waals surface area contributed by atoms with E-state index in [1.165, 1.54) is 0 Å². The lowest BCUT2D eigenvalue weighted by Gasteiger charge is -2.03. The lowest BCUT2D eigenvalue weighted by molar-refractivity contribution is -0.140. The normalized spacial score (nSPS) is 10.5. The Bertz CT molecular complexity index is 365. The molecule has 82 valence electrons. The molecule has 15 heavy (non-hydrogen) atoms. The van der Waals surface area contributed by atoms with Gasteiger partial charge in [-0.1, -0.05) is 0 Å². The van der Waals surface area contributed by atoms with E-state index in [1.807, 2.05) is 0 Å². The third kappa shape index (κ3) is 3.38. The highest BCUT2D eigenvalue weighted by atomic mass is 16.4. The Hall–Kier alpha value is -2.51. The summed E-state index contributed by atoms with van der Waals surface area (Å²) in [4.78, 5) is 31.0. The highest BCUT2D eigenvalue weighted by Crippen LogP contribution is 2.05. The number of carbonyl (C=O) groups is 3. The van der Waals surface area contributed by atoms with Gasteiger partial charge in [0.2, 0.25) is 0 Å². The maximum absolute atomic E-state index is 10.4. The Morgan fingerprint density at radius 2 is 1.33 bits per heavy atom. The van der Waals surface area contributed by atoms with Gasteiger partial charge in [-0.3, -0.25) is 0 Å². The van der Waals surface area contributed by atoms with Gasteiger partial charge >= 0.3 is 17.9 Å². The van der Waals surface area contributed by atoms with Crippen molar-refractivity contribution in [2.24, 2.45) is 11.5 Å². The van der Waals surface area contributed by atoms with E-state index in [9.17, 15) is 14.4 Å². The molecule has 0 bridgehead atoms. The molecule has 0 radical (unpaired) electrons. The number of carboxylic acids is 3. The summed E-state index contributed by atoms with van der Waals surface area (Å²) in [6, 6.07) is 0. The Kier molecular flexibility index (Phi) is 3.87. The quantitative estimate of drug-likeness (QED) is 0.160. The molecule has 0 aromatic heterocycles. The van der Waals surface area contributed by atoms with Gasteiger partial charge in [-0.25, -0.2) is 14.4 Å². The molecule has 0 aliphatic heterocycles. The summed E-state index contributed by atoms with van der Waals surface area (Å²) in [6.45, 7) is 0. The molecule has 0 unspecified atom stereocenters. The first-order valence-electron chi connectivity index (χ1n) is 3.44. The van der Waals surface area contributed by atoms with Crippen molar-refractivity contribution in [3.63, 3.8) is 0 Å². The first-order valence-corrected chi connectivity index (χ1v) is 3.44. The van der Waals surface area contributed by atoms with Gasteiger partial charge < -0.3 is 26.8 Å². The van der Waals surface area contributed by atoms with Gasteiger partial charge in [0.15, 0.2) is 5.57 Å². The van der Waals surface area contributed by atoms with Crippen LogP contribution >= 0.6 is 0 Å². The Morgan fingerprint density at radius 3 is 1.60 bits per heavy atom. The fourth-order valence-electron chi connectivity index (χ4n) is 0.677. The van der Waals surface area contributed by atoms with Crippen molar-refractivity contribution in [3.8, 4) is 0 Å². The highest BCUT2D eigenvalue weighted by Gasteiger charge is 2.21. The van der Waals surface area contributed by atoms with Crippen molar-refractivity contribution in [2.75, 3.05) is 0 Å². The largest absolute Gasteiger partial charge is 0.478 e. The molecule has 0 heterocycles. The van der Waals surface area contributed by atoms with Crippen molar-refractivity contribution in [2.45, 2.75) is 0 Å². The molecule has 0 aliphatic rings. The minimum atomic E-state index is -1.80. The summed E-state index contributed by atoms with van der Waals surface area (Å²) in [5.41, 5.74) is 7.52. The first kappa shape index (κ1) is 12.5. The van der Waals surface area contributed by atoms with Gasteiger partial charge in [0, 0.05) is 6.08 Å². The lowest BCUT2D eigenvalue weighted by atomic mass is 10.1. The molecule has 8 nitrogen and oxygen atoms in total. The number of carboxylic acid groups (broad SMARTS) is 3. The van der Waals surface area contributed by atoms with Gasteiger partial charge in [0.25, 0.3) is 0 Å². The summed E-state index contributed by atoms with van der Waals surface area (Å²) >= 11 is 0. The number of hydrogen-bond acceptors (Lipinski definition) is 5. The fraction of sp³-hybridized carbons (Fsp3) is 0. The van der Waals surface area contributed by atoms with Crippen LogP contribution in [0.15, 0.2) is 23.0 Å². The molecule has 0 saturated carbocycles. The van der Waals surface area contributed by atoms with Crippen molar-refractivity contribution in [1.82, 2.24) is 0 Å². The van der Waals surface area contributed by atoms with Crippen LogP contribution in [0, 0.1) is 0 Å². The van der Waals surface area contributed by atoms with E-state index < -0.39 is 34.9 Å². The number of aliphatic carboxylic acids is 3. The maximum atomic E-state index is 10.4. The topological polar surface area (TPSA) is 164 Å². The van der Waals surface area contributed by atoms with Crippen LogP contribution in [0.1, 0.15) is 0 Å². The first-order chi connectivity index (χ1) is 6.77. The fourth-order valence-corrected chi connectivity index (χ4v) is 0.677. The minimum absolute atomic E-state index is 0.404. The summed E-state index contributed by atoms with van der Waals surface area (Å²) in [5.74, 6) is -5.07. The summed E-state index contributed by atoms with van der Waals surface area (Å²) in [5, 5.41) is 25.2. The molecule has 0 aliphatic carbocycles. The van der Waals surface area contributed by atoms with E-state index in [0.29, 0.717) is 6.08 Å². The van der Waals surface area contributed by atoms with Crippen LogP contribution in [0.4, 0.5) is 0 Å². The van der Waals surface area contributed by atoms with Crippen LogP contribution in [0.5, 0.6) is 0 Å². The second-order valence-corrected chi connectivity index (χ2v) is 2.34. The molecule has 0 atom stereocenters. The lowest BCUT2D eigenvalue weighted by Crippen LogP contribution is -2.22. The monoisotopic (exact) mass is 216 g/mol. The van der Waals surface area contributed by atoms with Gasteiger partial charge in [-0.05, 0) is 0 Å². The Labute approximate surface area is 83.1 Å². The smallest absolute Gasteiger partial charge is 0.345 e. The zero-order chi connectivity index (χ0) is 12.2. The molecule has 0 rings (SSSR count).